The number of hydrogen-bond acceptors (Lipinski definition) is 3. The lowest BCUT2D eigenvalue weighted by atomic mass is 9.95. The average Bonchev–Trinajstić information content (AvgIpc) is 3.31. The van der Waals surface area contributed by atoms with E-state index in [0.29, 0.717) is 5.92 Å². The number of nitrogens with one attached hydrogen (secondary N) is 2. The Bertz CT molecular complexity index is 442. The van der Waals surface area contributed by atoms with Crippen molar-refractivity contribution < 1.29 is 9.00 Å². The molecule has 23 heavy (non-hydrogen) atoms. The summed E-state index contributed by atoms with van der Waals surface area (Å²) in [5.74, 6) is 1.33. The SMILES string of the molecule is CC[S@](=O)[C@@H]1CCC[C@H](NC(=O)NC[C@H]2CCN(C3CC3)C2)C1. The molecular weight excluding hydrogens is 310 g/mol. The molecule has 0 spiro atoms. The van der Waals surface area contributed by atoms with Crippen LogP contribution >= 0.6 is 0 Å². The van der Waals surface area contributed by atoms with E-state index in [4.69, 9.17) is 0 Å². The topological polar surface area (TPSA) is 61.4 Å². The second-order valence-electron chi connectivity index (χ2n) is 7.39. The maximum absolute atomic E-state index is 12.1. The number of carbonyl (C=O) groups is 1. The van der Waals surface area contributed by atoms with E-state index in [1.807, 2.05) is 6.92 Å². The molecule has 2 amide bonds. The number of likely N-dealkylation sites (tertiary alicyclic amines) is 1. The summed E-state index contributed by atoms with van der Waals surface area (Å²) in [5, 5.41) is 6.42. The highest BCUT2D eigenvalue weighted by Gasteiger charge is 2.34. The molecule has 2 saturated carbocycles. The summed E-state index contributed by atoms with van der Waals surface area (Å²) in [6, 6.07) is 0.992. The lowest BCUT2D eigenvalue weighted by Crippen LogP contribution is -2.46. The third kappa shape index (κ3) is 4.92. The molecule has 1 aliphatic heterocycles. The van der Waals surface area contributed by atoms with E-state index in [0.717, 1.165) is 50.6 Å². The molecule has 0 bridgehead atoms. The van der Waals surface area contributed by atoms with Crippen molar-refractivity contribution in [1.29, 1.82) is 0 Å². The van der Waals surface area contributed by atoms with Crippen LogP contribution in [0.15, 0.2) is 0 Å². The van der Waals surface area contributed by atoms with Crippen LogP contribution in [0.1, 0.15) is 51.9 Å². The van der Waals surface area contributed by atoms with E-state index in [1.54, 1.807) is 0 Å². The standard InChI is InChI=1S/C17H31N3O2S/c1-2-23(22)16-5-3-4-14(10-16)19-17(21)18-11-13-8-9-20(12-13)15-6-7-15/h13-16H,2-12H2,1H3,(H2,18,19,21)/t13-,14+,16-,23+/m1/s1. The van der Waals surface area contributed by atoms with Crippen LogP contribution in [-0.4, -0.2) is 57.9 Å². The van der Waals surface area contributed by atoms with Crippen LogP contribution in [0.5, 0.6) is 0 Å². The van der Waals surface area contributed by atoms with E-state index in [-0.39, 0.29) is 17.3 Å². The minimum atomic E-state index is -0.735. The molecule has 3 fully saturated rings. The van der Waals surface area contributed by atoms with Crippen molar-refractivity contribution in [3.05, 3.63) is 0 Å². The lowest BCUT2D eigenvalue weighted by molar-refractivity contribution is 0.230. The van der Waals surface area contributed by atoms with Crippen LogP contribution in [0.4, 0.5) is 4.79 Å². The van der Waals surface area contributed by atoms with Gasteiger partial charge in [0.25, 0.3) is 0 Å². The first kappa shape index (κ1) is 17.2. The van der Waals surface area contributed by atoms with Crippen molar-refractivity contribution in [2.45, 2.75) is 69.2 Å². The quantitative estimate of drug-likeness (QED) is 0.775. The Morgan fingerprint density at radius 3 is 2.78 bits per heavy atom. The summed E-state index contributed by atoms with van der Waals surface area (Å²) < 4.78 is 12.0. The Labute approximate surface area is 142 Å². The van der Waals surface area contributed by atoms with Gasteiger partial charge >= 0.3 is 6.03 Å². The van der Waals surface area contributed by atoms with Crippen LogP contribution in [0.3, 0.4) is 0 Å². The molecule has 0 aromatic heterocycles. The largest absolute Gasteiger partial charge is 0.338 e. The number of rotatable bonds is 6. The second-order valence-corrected chi connectivity index (χ2v) is 9.40. The molecule has 4 atom stereocenters. The molecule has 0 aromatic rings. The molecular formula is C17H31N3O2S. The van der Waals surface area contributed by atoms with Gasteiger partial charge in [-0.15, -0.1) is 0 Å². The van der Waals surface area contributed by atoms with Crippen molar-refractivity contribution in [1.82, 2.24) is 15.5 Å². The third-order valence-corrected chi connectivity index (χ3v) is 7.29. The molecule has 0 radical (unpaired) electrons. The highest BCUT2D eigenvalue weighted by Crippen LogP contribution is 2.31. The van der Waals surface area contributed by atoms with Gasteiger partial charge in [0.1, 0.15) is 0 Å². The fourth-order valence-corrected chi connectivity index (χ4v) is 5.37. The fourth-order valence-electron chi connectivity index (χ4n) is 4.02. The molecule has 6 heteroatoms. The maximum atomic E-state index is 12.1. The smallest absolute Gasteiger partial charge is 0.315 e. The van der Waals surface area contributed by atoms with E-state index in [1.165, 1.54) is 25.8 Å². The van der Waals surface area contributed by atoms with E-state index < -0.39 is 10.8 Å². The lowest BCUT2D eigenvalue weighted by Gasteiger charge is -2.29. The zero-order valence-corrected chi connectivity index (χ0v) is 15.1. The van der Waals surface area contributed by atoms with Gasteiger partial charge in [-0.1, -0.05) is 13.3 Å². The minimum absolute atomic E-state index is 0.0391. The van der Waals surface area contributed by atoms with Gasteiger partial charge < -0.3 is 15.5 Å². The zero-order valence-electron chi connectivity index (χ0n) is 14.3. The molecule has 5 nitrogen and oxygen atoms in total. The highest BCUT2D eigenvalue weighted by atomic mass is 32.2. The van der Waals surface area contributed by atoms with Gasteiger partial charge in [0.05, 0.1) is 0 Å². The maximum Gasteiger partial charge on any atom is 0.315 e. The van der Waals surface area contributed by atoms with E-state index in [2.05, 4.69) is 15.5 Å². The van der Waals surface area contributed by atoms with Crippen molar-refractivity contribution >= 4 is 16.8 Å². The number of urea groups is 1. The molecule has 132 valence electrons. The minimum Gasteiger partial charge on any atom is -0.338 e. The summed E-state index contributed by atoms with van der Waals surface area (Å²) in [7, 11) is -0.735. The van der Waals surface area contributed by atoms with Crippen LogP contribution in [0.25, 0.3) is 0 Å². The molecule has 1 saturated heterocycles. The molecule has 2 N–H and O–H groups in total. The van der Waals surface area contributed by atoms with Gasteiger partial charge in [-0.3, -0.25) is 4.21 Å². The van der Waals surface area contributed by atoms with E-state index >= 15 is 0 Å². The first-order valence-corrected chi connectivity index (χ1v) is 10.7. The van der Waals surface area contributed by atoms with Crippen LogP contribution in [0.2, 0.25) is 0 Å². The first-order chi connectivity index (χ1) is 11.2. The Morgan fingerprint density at radius 1 is 1.22 bits per heavy atom. The molecule has 0 aromatic carbocycles. The summed E-state index contributed by atoms with van der Waals surface area (Å²) in [4.78, 5) is 14.7. The van der Waals surface area contributed by atoms with Gasteiger partial charge in [0, 0.05) is 47.0 Å². The van der Waals surface area contributed by atoms with Gasteiger partial charge in [-0.05, 0) is 51.0 Å². The van der Waals surface area contributed by atoms with Crippen molar-refractivity contribution in [2.24, 2.45) is 5.92 Å². The average molecular weight is 342 g/mol. The Kier molecular flexibility index (Phi) is 5.96. The molecule has 2 aliphatic carbocycles. The fraction of sp³-hybridized carbons (Fsp3) is 0.941. The van der Waals surface area contributed by atoms with Gasteiger partial charge in [-0.2, -0.15) is 0 Å². The summed E-state index contributed by atoms with van der Waals surface area (Å²) >= 11 is 0. The van der Waals surface area contributed by atoms with Crippen molar-refractivity contribution in [3.63, 3.8) is 0 Å². The summed E-state index contributed by atoms with van der Waals surface area (Å²) in [6.45, 7) is 5.11. The van der Waals surface area contributed by atoms with Gasteiger partial charge in [0.15, 0.2) is 0 Å². The molecule has 1 heterocycles. The van der Waals surface area contributed by atoms with Crippen LogP contribution in [0, 0.1) is 5.92 Å². The van der Waals surface area contributed by atoms with Crippen molar-refractivity contribution in [3.8, 4) is 0 Å². The van der Waals surface area contributed by atoms with Gasteiger partial charge in [0.2, 0.25) is 0 Å². The molecule has 3 rings (SSSR count). The molecule has 3 aliphatic rings. The number of nitrogens with zero attached hydrogens (tertiary/aromatic N) is 1. The summed E-state index contributed by atoms with van der Waals surface area (Å²) in [6.07, 6.45) is 7.93. The second kappa shape index (κ2) is 7.97. The van der Waals surface area contributed by atoms with E-state index in [9.17, 15) is 9.00 Å². The first-order valence-electron chi connectivity index (χ1n) is 9.31. The van der Waals surface area contributed by atoms with Gasteiger partial charge in [-0.25, -0.2) is 4.79 Å². The predicted octanol–water partition coefficient (Wildman–Crippen LogP) is 1.85. The third-order valence-electron chi connectivity index (χ3n) is 5.55. The zero-order chi connectivity index (χ0) is 16.2. The van der Waals surface area contributed by atoms with Crippen molar-refractivity contribution in [2.75, 3.05) is 25.4 Å². The number of hydrogen-bond donors (Lipinski definition) is 2. The van der Waals surface area contributed by atoms with Crippen LogP contribution in [-0.2, 0) is 10.8 Å². The van der Waals surface area contributed by atoms with Crippen LogP contribution < -0.4 is 10.6 Å². The predicted molar refractivity (Wildman–Crippen MR) is 94.0 cm³/mol. The number of carbonyl (C=O) groups excluding carboxylic acids is 1. The number of amides is 2. The normalized spacial score (nSPS) is 33.3. The summed E-state index contributed by atoms with van der Waals surface area (Å²) in [5.41, 5.74) is 0. The monoisotopic (exact) mass is 341 g/mol. The molecule has 0 unspecified atom stereocenters. The highest BCUT2D eigenvalue weighted by molar-refractivity contribution is 7.85. The Balaban J connectivity index is 1.35. The Morgan fingerprint density at radius 2 is 2.04 bits per heavy atom. The Hall–Kier alpha value is -0.620.